The van der Waals surface area contributed by atoms with Crippen molar-refractivity contribution in [3.63, 3.8) is 0 Å². The number of hydrogen-bond donors (Lipinski definition) is 0. The number of Topliss-reactive ketones (excluding diaryl/α,β-unsaturated/α-hetero) is 1. The quantitative estimate of drug-likeness (QED) is 0.576. The normalized spacial score (nSPS) is 10.5. The Balaban J connectivity index is 3.23. The second kappa shape index (κ2) is 6.71. The van der Waals surface area contributed by atoms with Crippen molar-refractivity contribution in [3.05, 3.63) is 0 Å². The van der Waals surface area contributed by atoms with Gasteiger partial charge < -0.3 is 0 Å². The van der Waals surface area contributed by atoms with Crippen LogP contribution >= 0.6 is 11.8 Å². The molecule has 66 valence electrons. The fraction of sp³-hybridized carbons (Fsp3) is 0.889. The smallest absolute Gasteiger partial charge is 0.133 e. The minimum Gasteiger partial charge on any atom is -0.300 e. The molecule has 0 aliphatic heterocycles. The van der Waals surface area contributed by atoms with Gasteiger partial charge in [-0.05, 0) is 24.3 Å². The maximum Gasteiger partial charge on any atom is 0.133 e. The van der Waals surface area contributed by atoms with E-state index in [1.165, 1.54) is 0 Å². The number of rotatable bonds is 6. The van der Waals surface area contributed by atoms with Crippen LogP contribution in [-0.2, 0) is 4.79 Å². The zero-order valence-corrected chi connectivity index (χ0v) is 8.54. The summed E-state index contributed by atoms with van der Waals surface area (Å²) in [4.78, 5) is 11.1. The Bertz CT molecular complexity index is 110. The van der Waals surface area contributed by atoms with Gasteiger partial charge in [0, 0.05) is 12.8 Å². The van der Waals surface area contributed by atoms with Crippen LogP contribution in [0, 0.1) is 5.92 Å². The average molecular weight is 174 g/mol. The summed E-state index contributed by atoms with van der Waals surface area (Å²) in [7, 11) is 0. The van der Waals surface area contributed by atoms with E-state index in [0.717, 1.165) is 25.0 Å². The summed E-state index contributed by atoms with van der Waals surface area (Å²) in [6.07, 6.45) is 4.66. The molecule has 0 spiro atoms. The number of thioether (sulfide) groups is 1. The van der Waals surface area contributed by atoms with Crippen molar-refractivity contribution < 1.29 is 4.79 Å². The molecule has 0 aromatic carbocycles. The molecule has 0 fully saturated rings. The van der Waals surface area contributed by atoms with Crippen LogP contribution < -0.4 is 0 Å². The summed E-state index contributed by atoms with van der Waals surface area (Å²) in [6, 6.07) is 0. The van der Waals surface area contributed by atoms with Gasteiger partial charge in [0.15, 0.2) is 0 Å². The van der Waals surface area contributed by atoms with Crippen molar-refractivity contribution in [1.29, 1.82) is 0 Å². The first-order chi connectivity index (χ1) is 5.16. The number of hydrogen-bond acceptors (Lipinski definition) is 2. The lowest BCUT2D eigenvalue weighted by Gasteiger charge is -2.02. The SMILES string of the molecule is CSCCCC(=O)CC(C)C. The molecule has 0 N–H and O–H groups in total. The Morgan fingerprint density at radius 2 is 2.09 bits per heavy atom. The van der Waals surface area contributed by atoms with E-state index in [1.54, 1.807) is 0 Å². The highest BCUT2D eigenvalue weighted by molar-refractivity contribution is 7.98. The highest BCUT2D eigenvalue weighted by Gasteiger charge is 2.03. The molecule has 0 saturated carbocycles. The third-order valence-corrected chi connectivity index (χ3v) is 2.14. The van der Waals surface area contributed by atoms with Crippen molar-refractivity contribution in [3.8, 4) is 0 Å². The Labute approximate surface area is 73.9 Å². The molecule has 0 bridgehead atoms. The van der Waals surface area contributed by atoms with Gasteiger partial charge in [-0.2, -0.15) is 11.8 Å². The predicted octanol–water partition coefficient (Wildman–Crippen LogP) is 2.74. The van der Waals surface area contributed by atoms with E-state index in [0.29, 0.717) is 11.7 Å². The second-order valence-electron chi connectivity index (χ2n) is 3.23. The molecule has 0 amide bonds. The van der Waals surface area contributed by atoms with Crippen molar-refractivity contribution in [2.75, 3.05) is 12.0 Å². The monoisotopic (exact) mass is 174 g/mol. The molecule has 0 aliphatic rings. The molecule has 0 aromatic rings. The van der Waals surface area contributed by atoms with Crippen molar-refractivity contribution >= 4 is 17.5 Å². The molecule has 11 heavy (non-hydrogen) atoms. The lowest BCUT2D eigenvalue weighted by molar-refractivity contribution is -0.119. The van der Waals surface area contributed by atoms with Gasteiger partial charge in [0.2, 0.25) is 0 Å². The molecule has 0 unspecified atom stereocenters. The van der Waals surface area contributed by atoms with Gasteiger partial charge in [-0.25, -0.2) is 0 Å². The summed E-state index contributed by atoms with van der Waals surface area (Å²) in [5, 5.41) is 0. The first kappa shape index (κ1) is 11.0. The fourth-order valence-electron chi connectivity index (χ4n) is 0.971. The van der Waals surface area contributed by atoms with Crippen molar-refractivity contribution in [2.45, 2.75) is 33.1 Å². The number of carbonyl (C=O) groups excluding carboxylic acids is 1. The first-order valence-electron chi connectivity index (χ1n) is 4.17. The largest absolute Gasteiger partial charge is 0.300 e. The second-order valence-corrected chi connectivity index (χ2v) is 4.22. The van der Waals surface area contributed by atoms with Crippen LogP contribution in [0.3, 0.4) is 0 Å². The van der Waals surface area contributed by atoms with Gasteiger partial charge in [0.1, 0.15) is 5.78 Å². The molecular weight excluding hydrogens is 156 g/mol. The molecule has 0 rings (SSSR count). The lowest BCUT2D eigenvalue weighted by Crippen LogP contribution is -2.02. The number of ketones is 1. The van der Waals surface area contributed by atoms with E-state index in [4.69, 9.17) is 0 Å². The van der Waals surface area contributed by atoms with Crippen LogP contribution in [0.4, 0.5) is 0 Å². The van der Waals surface area contributed by atoms with Gasteiger partial charge in [-0.1, -0.05) is 13.8 Å². The lowest BCUT2D eigenvalue weighted by atomic mass is 10.0. The van der Waals surface area contributed by atoms with Gasteiger partial charge in [-0.15, -0.1) is 0 Å². The average Bonchev–Trinajstić information content (AvgIpc) is 1.86. The van der Waals surface area contributed by atoms with Gasteiger partial charge >= 0.3 is 0 Å². The summed E-state index contributed by atoms with van der Waals surface area (Å²) in [5.74, 6) is 2.06. The molecule has 0 saturated heterocycles. The van der Waals surface area contributed by atoms with Gasteiger partial charge in [0.25, 0.3) is 0 Å². The van der Waals surface area contributed by atoms with Crippen LogP contribution in [0.2, 0.25) is 0 Å². The molecular formula is C9H18OS. The molecule has 0 aromatic heterocycles. The zero-order valence-electron chi connectivity index (χ0n) is 7.72. The summed E-state index contributed by atoms with van der Waals surface area (Å²) >= 11 is 1.81. The summed E-state index contributed by atoms with van der Waals surface area (Å²) in [5.41, 5.74) is 0. The Morgan fingerprint density at radius 1 is 1.45 bits per heavy atom. The summed E-state index contributed by atoms with van der Waals surface area (Å²) in [6.45, 7) is 4.18. The van der Waals surface area contributed by atoms with E-state index in [9.17, 15) is 4.79 Å². The number of carbonyl (C=O) groups is 1. The Hall–Kier alpha value is 0.0200. The van der Waals surface area contributed by atoms with E-state index in [2.05, 4.69) is 20.1 Å². The zero-order chi connectivity index (χ0) is 8.69. The molecule has 2 heteroatoms. The molecule has 0 aliphatic carbocycles. The highest BCUT2D eigenvalue weighted by Crippen LogP contribution is 2.06. The standard InChI is InChI=1S/C9H18OS/c1-8(2)7-9(10)5-4-6-11-3/h8H,4-7H2,1-3H3. The minimum absolute atomic E-state index is 0.425. The molecule has 0 heterocycles. The van der Waals surface area contributed by atoms with Crippen LogP contribution in [0.5, 0.6) is 0 Å². The van der Waals surface area contributed by atoms with Crippen LogP contribution in [0.15, 0.2) is 0 Å². The first-order valence-corrected chi connectivity index (χ1v) is 5.56. The van der Waals surface area contributed by atoms with Crippen LogP contribution in [0.25, 0.3) is 0 Å². The maximum atomic E-state index is 11.1. The fourth-order valence-corrected chi connectivity index (χ4v) is 1.40. The van der Waals surface area contributed by atoms with Gasteiger partial charge in [-0.3, -0.25) is 4.79 Å². The predicted molar refractivity (Wildman–Crippen MR) is 52.1 cm³/mol. The highest BCUT2D eigenvalue weighted by atomic mass is 32.2. The van der Waals surface area contributed by atoms with E-state index in [1.807, 2.05) is 11.8 Å². The van der Waals surface area contributed by atoms with Crippen molar-refractivity contribution in [2.24, 2.45) is 5.92 Å². The summed E-state index contributed by atoms with van der Waals surface area (Å²) < 4.78 is 0. The molecule has 0 atom stereocenters. The van der Waals surface area contributed by atoms with Crippen molar-refractivity contribution in [1.82, 2.24) is 0 Å². The molecule has 0 radical (unpaired) electrons. The van der Waals surface area contributed by atoms with E-state index in [-0.39, 0.29) is 0 Å². The Kier molecular flexibility index (Phi) is 6.73. The Morgan fingerprint density at radius 3 is 2.55 bits per heavy atom. The third-order valence-electron chi connectivity index (χ3n) is 1.44. The third kappa shape index (κ3) is 7.92. The van der Waals surface area contributed by atoms with Gasteiger partial charge in [0.05, 0.1) is 0 Å². The topological polar surface area (TPSA) is 17.1 Å². The van der Waals surface area contributed by atoms with E-state index >= 15 is 0 Å². The van der Waals surface area contributed by atoms with Crippen LogP contribution in [0.1, 0.15) is 33.1 Å². The van der Waals surface area contributed by atoms with E-state index < -0.39 is 0 Å². The maximum absolute atomic E-state index is 11.1. The minimum atomic E-state index is 0.425. The molecule has 1 nitrogen and oxygen atoms in total. The van der Waals surface area contributed by atoms with Crippen LogP contribution in [-0.4, -0.2) is 17.8 Å².